The molecular formula is C17H19N5S. The van der Waals surface area contributed by atoms with Gasteiger partial charge in [-0.3, -0.25) is 20.0 Å². The maximum absolute atomic E-state index is 4.68. The maximum atomic E-state index is 4.68. The van der Waals surface area contributed by atoms with Crippen molar-refractivity contribution in [1.82, 2.24) is 25.1 Å². The lowest BCUT2D eigenvalue weighted by molar-refractivity contribution is 0.244. The summed E-state index contributed by atoms with van der Waals surface area (Å²) in [5.41, 5.74) is 4.46. The van der Waals surface area contributed by atoms with E-state index in [-0.39, 0.29) is 0 Å². The van der Waals surface area contributed by atoms with Crippen LogP contribution in [0.1, 0.15) is 35.8 Å². The first-order valence-corrected chi connectivity index (χ1v) is 8.78. The third kappa shape index (κ3) is 2.92. The summed E-state index contributed by atoms with van der Waals surface area (Å²) in [6.07, 6.45) is 8.02. The van der Waals surface area contributed by atoms with Gasteiger partial charge in [-0.15, -0.1) is 11.3 Å². The summed E-state index contributed by atoms with van der Waals surface area (Å²) in [6, 6.07) is 4.56. The number of hydrogen-bond acceptors (Lipinski definition) is 5. The van der Waals surface area contributed by atoms with E-state index in [9.17, 15) is 0 Å². The van der Waals surface area contributed by atoms with E-state index in [0.29, 0.717) is 6.04 Å². The zero-order valence-electron chi connectivity index (χ0n) is 13.1. The van der Waals surface area contributed by atoms with Crippen LogP contribution in [-0.2, 0) is 6.54 Å². The van der Waals surface area contributed by atoms with Crippen molar-refractivity contribution < 1.29 is 0 Å². The van der Waals surface area contributed by atoms with E-state index >= 15 is 0 Å². The van der Waals surface area contributed by atoms with Crippen molar-refractivity contribution in [2.45, 2.75) is 32.4 Å². The first-order chi connectivity index (χ1) is 11.3. The Hall–Kier alpha value is -2.05. The minimum atomic E-state index is 0.355. The number of hydrogen-bond donors (Lipinski definition) is 1. The second kappa shape index (κ2) is 6.22. The predicted molar refractivity (Wildman–Crippen MR) is 91.1 cm³/mol. The third-order valence-corrected chi connectivity index (χ3v) is 5.22. The average molecular weight is 325 g/mol. The summed E-state index contributed by atoms with van der Waals surface area (Å²) in [5, 5.41) is 9.51. The van der Waals surface area contributed by atoms with Gasteiger partial charge in [0.15, 0.2) is 0 Å². The Labute approximate surface area is 139 Å². The van der Waals surface area contributed by atoms with Crippen LogP contribution in [0.5, 0.6) is 0 Å². The molecule has 1 N–H and O–H groups in total. The molecule has 0 amide bonds. The Morgan fingerprint density at radius 3 is 3.13 bits per heavy atom. The van der Waals surface area contributed by atoms with Crippen molar-refractivity contribution in [2.24, 2.45) is 0 Å². The number of rotatable bonds is 4. The molecule has 1 saturated heterocycles. The molecule has 118 valence electrons. The lowest BCUT2D eigenvalue weighted by atomic mass is 10.1. The summed E-state index contributed by atoms with van der Waals surface area (Å²) >= 11 is 1.74. The topological polar surface area (TPSA) is 57.7 Å². The fourth-order valence-corrected chi connectivity index (χ4v) is 4.03. The molecule has 1 atom stereocenters. The zero-order chi connectivity index (χ0) is 15.6. The van der Waals surface area contributed by atoms with Crippen molar-refractivity contribution >= 4 is 11.3 Å². The highest BCUT2D eigenvalue weighted by Crippen LogP contribution is 2.34. The van der Waals surface area contributed by atoms with E-state index in [2.05, 4.69) is 42.6 Å². The van der Waals surface area contributed by atoms with E-state index in [1.54, 1.807) is 11.3 Å². The van der Waals surface area contributed by atoms with E-state index in [1.165, 1.54) is 16.9 Å². The molecular weight excluding hydrogens is 306 g/mol. The Bertz CT molecular complexity index is 780. The summed E-state index contributed by atoms with van der Waals surface area (Å²) in [4.78, 5) is 12.7. The highest BCUT2D eigenvalue weighted by atomic mass is 32.1. The predicted octanol–water partition coefficient (Wildman–Crippen LogP) is 3.57. The normalized spacial score (nSPS) is 18.6. The van der Waals surface area contributed by atoms with Gasteiger partial charge in [0.2, 0.25) is 0 Å². The van der Waals surface area contributed by atoms with E-state index < -0.39 is 0 Å². The average Bonchev–Trinajstić information content (AvgIpc) is 3.29. The molecule has 4 heterocycles. The number of likely N-dealkylation sites (tertiary alicyclic amines) is 1. The Kier molecular flexibility index (Phi) is 3.93. The van der Waals surface area contributed by atoms with Crippen molar-refractivity contribution in [2.75, 3.05) is 6.54 Å². The molecule has 0 aromatic carbocycles. The van der Waals surface area contributed by atoms with Gasteiger partial charge >= 0.3 is 0 Å². The molecule has 1 aliphatic heterocycles. The fraction of sp³-hybridized carbons (Fsp3) is 0.353. The SMILES string of the molecule is Cc1cncc([C@@H]2CCCN2Cc2cn[nH]c2-c2cccs2)n1. The molecule has 0 bridgehead atoms. The summed E-state index contributed by atoms with van der Waals surface area (Å²) in [6.45, 7) is 3.99. The molecule has 3 aromatic heterocycles. The highest BCUT2D eigenvalue weighted by Gasteiger charge is 2.28. The second-order valence-electron chi connectivity index (χ2n) is 5.96. The number of aromatic nitrogens is 4. The van der Waals surface area contributed by atoms with Gasteiger partial charge in [-0.05, 0) is 37.8 Å². The highest BCUT2D eigenvalue weighted by molar-refractivity contribution is 7.13. The molecule has 23 heavy (non-hydrogen) atoms. The molecule has 1 fully saturated rings. The van der Waals surface area contributed by atoms with Gasteiger partial charge < -0.3 is 0 Å². The summed E-state index contributed by atoms with van der Waals surface area (Å²) < 4.78 is 0. The van der Waals surface area contributed by atoms with Crippen LogP contribution in [-0.4, -0.2) is 31.6 Å². The van der Waals surface area contributed by atoms with Gasteiger partial charge in [-0.2, -0.15) is 5.10 Å². The minimum Gasteiger partial charge on any atom is -0.290 e. The molecule has 1 aliphatic rings. The van der Waals surface area contributed by atoms with E-state index in [0.717, 1.165) is 36.6 Å². The lowest BCUT2D eigenvalue weighted by Crippen LogP contribution is -2.23. The maximum Gasteiger partial charge on any atom is 0.0794 e. The van der Waals surface area contributed by atoms with E-state index in [1.807, 2.05) is 25.5 Å². The van der Waals surface area contributed by atoms with Crippen molar-refractivity contribution in [1.29, 1.82) is 0 Å². The molecule has 0 radical (unpaired) electrons. The van der Waals surface area contributed by atoms with Gasteiger partial charge in [0.1, 0.15) is 0 Å². The third-order valence-electron chi connectivity index (χ3n) is 4.34. The number of aromatic amines is 1. The Morgan fingerprint density at radius 2 is 2.30 bits per heavy atom. The Balaban J connectivity index is 1.58. The molecule has 3 aromatic rings. The monoisotopic (exact) mass is 325 g/mol. The number of thiophene rings is 1. The van der Waals surface area contributed by atoms with Crippen LogP contribution < -0.4 is 0 Å². The van der Waals surface area contributed by atoms with Crippen LogP contribution in [0, 0.1) is 6.92 Å². The van der Waals surface area contributed by atoms with Gasteiger partial charge in [0, 0.05) is 24.5 Å². The van der Waals surface area contributed by atoms with Crippen molar-refractivity contribution in [3.8, 4) is 10.6 Å². The smallest absolute Gasteiger partial charge is 0.0794 e. The van der Waals surface area contributed by atoms with Gasteiger partial charge in [0.25, 0.3) is 0 Å². The number of nitrogens with zero attached hydrogens (tertiary/aromatic N) is 4. The van der Waals surface area contributed by atoms with Gasteiger partial charge in [0.05, 0.1) is 34.2 Å². The number of H-pyrrole nitrogens is 1. The lowest BCUT2D eigenvalue weighted by Gasteiger charge is -2.23. The first-order valence-electron chi connectivity index (χ1n) is 7.90. The van der Waals surface area contributed by atoms with Crippen LogP contribution in [0.2, 0.25) is 0 Å². The fourth-order valence-electron chi connectivity index (χ4n) is 3.28. The van der Waals surface area contributed by atoms with Crippen LogP contribution in [0.4, 0.5) is 0 Å². The van der Waals surface area contributed by atoms with Gasteiger partial charge in [-0.25, -0.2) is 0 Å². The molecule has 4 rings (SSSR count). The largest absolute Gasteiger partial charge is 0.290 e. The molecule has 6 heteroatoms. The summed E-state index contributed by atoms with van der Waals surface area (Å²) in [5.74, 6) is 0. The van der Waals surface area contributed by atoms with Crippen molar-refractivity contribution in [3.05, 3.63) is 53.1 Å². The quantitative estimate of drug-likeness (QED) is 0.796. The van der Waals surface area contributed by atoms with Crippen LogP contribution in [0.3, 0.4) is 0 Å². The second-order valence-corrected chi connectivity index (χ2v) is 6.91. The standard InChI is InChI=1S/C17H19N5S/c1-12-8-18-10-14(20-12)15-4-2-6-22(15)11-13-9-19-21-17(13)16-5-3-7-23-16/h3,5,7-10,15H,2,4,6,11H2,1H3,(H,19,21)/t15-/m0/s1. The van der Waals surface area contributed by atoms with Crippen LogP contribution >= 0.6 is 11.3 Å². The minimum absolute atomic E-state index is 0.355. The number of aryl methyl sites for hydroxylation is 1. The van der Waals surface area contributed by atoms with E-state index in [4.69, 9.17) is 0 Å². The first kappa shape index (κ1) is 14.5. The molecule has 0 spiro atoms. The summed E-state index contributed by atoms with van der Waals surface area (Å²) in [7, 11) is 0. The Morgan fingerprint density at radius 1 is 1.35 bits per heavy atom. The van der Waals surface area contributed by atoms with Crippen LogP contribution in [0.15, 0.2) is 36.1 Å². The van der Waals surface area contributed by atoms with Crippen LogP contribution in [0.25, 0.3) is 10.6 Å². The number of nitrogens with one attached hydrogen (secondary N) is 1. The molecule has 5 nitrogen and oxygen atoms in total. The molecule has 0 saturated carbocycles. The van der Waals surface area contributed by atoms with Gasteiger partial charge in [-0.1, -0.05) is 6.07 Å². The zero-order valence-corrected chi connectivity index (χ0v) is 13.9. The van der Waals surface area contributed by atoms with Crippen molar-refractivity contribution in [3.63, 3.8) is 0 Å². The molecule has 0 unspecified atom stereocenters. The molecule has 0 aliphatic carbocycles.